The molecule has 2 saturated heterocycles. The second-order valence-corrected chi connectivity index (χ2v) is 10.1. The van der Waals surface area contributed by atoms with E-state index in [1.807, 2.05) is 68.4 Å². The first-order chi connectivity index (χ1) is 19.5. The lowest BCUT2D eigenvalue weighted by Gasteiger charge is -2.29. The first-order valence-corrected chi connectivity index (χ1v) is 13.9. The van der Waals surface area contributed by atoms with Gasteiger partial charge in [-0.1, -0.05) is 37.3 Å². The summed E-state index contributed by atoms with van der Waals surface area (Å²) in [4.78, 5) is 30.8. The molecule has 2 fully saturated rings. The van der Waals surface area contributed by atoms with E-state index in [0.717, 1.165) is 43.1 Å². The van der Waals surface area contributed by atoms with Gasteiger partial charge in [-0.3, -0.25) is 14.5 Å². The number of amides is 1. The minimum absolute atomic E-state index is 0.0781. The van der Waals surface area contributed by atoms with Crippen molar-refractivity contribution in [3.63, 3.8) is 0 Å². The molecule has 0 radical (unpaired) electrons. The lowest BCUT2D eigenvalue weighted by molar-refractivity contribution is -0.140. The largest absolute Gasteiger partial charge is 0.507 e. The van der Waals surface area contributed by atoms with Crippen LogP contribution in [-0.4, -0.2) is 82.4 Å². The molecule has 2 aliphatic heterocycles. The zero-order valence-electron chi connectivity index (χ0n) is 23.1. The number of carbonyl (C=O) groups excluding carboxylic acids is 2. The SMILES string of the molecule is CCCOc1ccc(C2/C(=C(\O)c3cnn(-c4ccccc4)c3C)C(=O)C(=O)N2CCCN2CCOCC2)cc1. The van der Waals surface area contributed by atoms with Crippen molar-refractivity contribution in [2.24, 2.45) is 0 Å². The molecule has 2 aromatic carbocycles. The number of ketones is 1. The maximum Gasteiger partial charge on any atom is 0.295 e. The number of morpholine rings is 1. The van der Waals surface area contributed by atoms with Crippen molar-refractivity contribution < 1.29 is 24.2 Å². The Kier molecular flexibility index (Phi) is 8.62. The van der Waals surface area contributed by atoms with Gasteiger partial charge in [0.05, 0.1) is 54.6 Å². The van der Waals surface area contributed by atoms with Gasteiger partial charge in [0.2, 0.25) is 0 Å². The van der Waals surface area contributed by atoms with E-state index >= 15 is 0 Å². The minimum Gasteiger partial charge on any atom is -0.507 e. The van der Waals surface area contributed by atoms with Crippen LogP contribution in [0.25, 0.3) is 11.4 Å². The highest BCUT2D eigenvalue weighted by atomic mass is 16.5. The molecule has 0 aliphatic carbocycles. The number of rotatable bonds is 10. The number of likely N-dealkylation sites (tertiary alicyclic amines) is 1. The Labute approximate surface area is 234 Å². The van der Waals surface area contributed by atoms with Gasteiger partial charge < -0.3 is 19.5 Å². The van der Waals surface area contributed by atoms with Crippen LogP contribution in [0.1, 0.15) is 42.6 Å². The number of nitrogens with zero attached hydrogens (tertiary/aromatic N) is 4. The summed E-state index contributed by atoms with van der Waals surface area (Å²) in [6, 6.07) is 16.3. The molecule has 210 valence electrons. The van der Waals surface area contributed by atoms with Crippen LogP contribution in [0.2, 0.25) is 0 Å². The van der Waals surface area contributed by atoms with Gasteiger partial charge >= 0.3 is 0 Å². The van der Waals surface area contributed by atoms with Crippen LogP contribution in [0.3, 0.4) is 0 Å². The fraction of sp³-hybridized carbons (Fsp3) is 0.387. The van der Waals surface area contributed by atoms with Gasteiger partial charge in [0.15, 0.2) is 0 Å². The second kappa shape index (κ2) is 12.5. The van der Waals surface area contributed by atoms with Crippen LogP contribution in [0.5, 0.6) is 5.75 Å². The van der Waals surface area contributed by atoms with Crippen molar-refractivity contribution in [1.29, 1.82) is 0 Å². The summed E-state index contributed by atoms with van der Waals surface area (Å²) in [5.41, 5.74) is 2.74. The first-order valence-electron chi connectivity index (χ1n) is 13.9. The van der Waals surface area contributed by atoms with Crippen LogP contribution in [0.15, 0.2) is 66.4 Å². The van der Waals surface area contributed by atoms with Crippen LogP contribution in [-0.2, 0) is 14.3 Å². The standard InChI is InChI=1S/C31H36N4O5/c1-3-18-40-25-12-10-23(11-13-25)28-27(29(36)26-21-32-35(22(26)2)24-8-5-4-6-9-24)30(37)31(38)34(28)15-7-14-33-16-19-39-20-17-33/h4-6,8-13,21,28,36H,3,7,14-20H2,1-2H3/b29-27+. The number of Topliss-reactive ketones (excluding diaryl/α,β-unsaturated/α-hetero) is 1. The molecule has 0 saturated carbocycles. The van der Waals surface area contributed by atoms with Crippen LogP contribution in [0.4, 0.5) is 0 Å². The second-order valence-electron chi connectivity index (χ2n) is 10.1. The molecule has 3 aromatic rings. The quantitative estimate of drug-likeness (QED) is 0.233. The summed E-state index contributed by atoms with van der Waals surface area (Å²) in [7, 11) is 0. The van der Waals surface area contributed by atoms with E-state index in [4.69, 9.17) is 9.47 Å². The molecule has 0 spiro atoms. The fourth-order valence-electron chi connectivity index (χ4n) is 5.33. The molecule has 1 atom stereocenters. The number of ether oxygens (including phenoxy) is 2. The predicted octanol–water partition coefficient (Wildman–Crippen LogP) is 4.11. The molecule has 9 heteroatoms. The zero-order chi connectivity index (χ0) is 28.1. The summed E-state index contributed by atoms with van der Waals surface area (Å²) in [6.07, 6.45) is 3.13. The van der Waals surface area contributed by atoms with Crippen molar-refractivity contribution in [3.05, 3.63) is 83.2 Å². The van der Waals surface area contributed by atoms with Gasteiger partial charge in [-0.2, -0.15) is 5.10 Å². The highest BCUT2D eigenvalue weighted by molar-refractivity contribution is 6.46. The Morgan fingerprint density at radius 2 is 1.77 bits per heavy atom. The minimum atomic E-state index is -0.718. The molecule has 2 aliphatic rings. The third-order valence-electron chi connectivity index (χ3n) is 7.45. The smallest absolute Gasteiger partial charge is 0.295 e. The molecule has 1 N–H and O–H groups in total. The monoisotopic (exact) mass is 544 g/mol. The van der Waals surface area contributed by atoms with E-state index in [0.29, 0.717) is 44.0 Å². The maximum atomic E-state index is 13.5. The Morgan fingerprint density at radius 3 is 2.48 bits per heavy atom. The lowest BCUT2D eigenvalue weighted by atomic mass is 9.95. The summed E-state index contributed by atoms with van der Waals surface area (Å²) in [5, 5.41) is 16.0. The number of aliphatic hydroxyl groups excluding tert-OH is 1. The Morgan fingerprint density at radius 1 is 1.05 bits per heavy atom. The van der Waals surface area contributed by atoms with Gasteiger partial charge in [0, 0.05) is 26.2 Å². The Hall–Kier alpha value is -3.95. The molecule has 0 bridgehead atoms. The first kappa shape index (κ1) is 27.6. The topological polar surface area (TPSA) is 97.1 Å². The number of hydrogen-bond donors (Lipinski definition) is 1. The highest BCUT2D eigenvalue weighted by Gasteiger charge is 2.46. The molecule has 5 rings (SSSR count). The van der Waals surface area contributed by atoms with Crippen molar-refractivity contribution >= 4 is 17.4 Å². The van der Waals surface area contributed by atoms with Crippen LogP contribution < -0.4 is 4.74 Å². The highest BCUT2D eigenvalue weighted by Crippen LogP contribution is 2.40. The van der Waals surface area contributed by atoms with Crippen molar-refractivity contribution in [3.8, 4) is 11.4 Å². The fourth-order valence-corrected chi connectivity index (χ4v) is 5.33. The van der Waals surface area contributed by atoms with E-state index in [1.54, 1.807) is 15.8 Å². The number of aliphatic hydroxyl groups is 1. The zero-order valence-corrected chi connectivity index (χ0v) is 23.1. The number of aromatic nitrogens is 2. The summed E-state index contributed by atoms with van der Waals surface area (Å²) >= 11 is 0. The molecule has 1 unspecified atom stereocenters. The maximum absolute atomic E-state index is 13.5. The van der Waals surface area contributed by atoms with Crippen LogP contribution >= 0.6 is 0 Å². The van der Waals surface area contributed by atoms with Crippen molar-refractivity contribution in [1.82, 2.24) is 19.6 Å². The number of benzene rings is 2. The average molecular weight is 545 g/mol. The predicted molar refractivity (Wildman–Crippen MR) is 151 cm³/mol. The van der Waals surface area contributed by atoms with E-state index in [1.165, 1.54) is 0 Å². The Balaban J connectivity index is 1.49. The van der Waals surface area contributed by atoms with Gasteiger partial charge in [0.1, 0.15) is 11.5 Å². The summed E-state index contributed by atoms with van der Waals surface area (Å²) in [6.45, 7) is 8.77. The Bertz CT molecular complexity index is 1360. The molecule has 1 aromatic heterocycles. The molecule has 1 amide bonds. The van der Waals surface area contributed by atoms with E-state index in [9.17, 15) is 14.7 Å². The van der Waals surface area contributed by atoms with Crippen molar-refractivity contribution in [2.75, 3.05) is 46.0 Å². The molecule has 40 heavy (non-hydrogen) atoms. The summed E-state index contributed by atoms with van der Waals surface area (Å²) in [5.74, 6) is -0.792. The van der Waals surface area contributed by atoms with Gasteiger partial charge in [-0.25, -0.2) is 4.68 Å². The number of hydrogen-bond acceptors (Lipinski definition) is 7. The molecule has 9 nitrogen and oxygen atoms in total. The van der Waals surface area contributed by atoms with Gasteiger partial charge in [-0.15, -0.1) is 0 Å². The van der Waals surface area contributed by atoms with Crippen molar-refractivity contribution in [2.45, 2.75) is 32.7 Å². The molecular weight excluding hydrogens is 508 g/mol. The molecular formula is C31H36N4O5. The molecule has 3 heterocycles. The third-order valence-corrected chi connectivity index (χ3v) is 7.45. The summed E-state index contributed by atoms with van der Waals surface area (Å²) < 4.78 is 12.9. The lowest BCUT2D eigenvalue weighted by Crippen LogP contribution is -2.38. The van der Waals surface area contributed by atoms with E-state index < -0.39 is 17.7 Å². The normalized spacial score (nSPS) is 19.4. The van der Waals surface area contributed by atoms with E-state index in [2.05, 4.69) is 10.00 Å². The van der Waals surface area contributed by atoms with E-state index in [-0.39, 0.29) is 11.3 Å². The number of para-hydroxylation sites is 1. The average Bonchev–Trinajstić information content (AvgIpc) is 3.49. The van der Waals surface area contributed by atoms with Gasteiger partial charge in [-0.05, 0) is 49.6 Å². The van der Waals surface area contributed by atoms with Crippen LogP contribution in [0, 0.1) is 6.92 Å². The van der Waals surface area contributed by atoms with Gasteiger partial charge in [0.25, 0.3) is 11.7 Å². The third kappa shape index (κ3) is 5.66. The number of carbonyl (C=O) groups is 2.